The van der Waals surface area contributed by atoms with E-state index in [1.54, 1.807) is 24.3 Å². The number of hydrogen-bond acceptors (Lipinski definition) is 2. The molecule has 2 aromatic carbocycles. The van der Waals surface area contributed by atoms with Gasteiger partial charge in [-0.1, -0.05) is 60.7 Å². The van der Waals surface area contributed by atoms with Gasteiger partial charge in [-0.2, -0.15) is 13.5 Å². The minimum atomic E-state index is -0.786. The van der Waals surface area contributed by atoms with E-state index in [1.165, 1.54) is 0 Å². The van der Waals surface area contributed by atoms with Crippen molar-refractivity contribution in [3.05, 3.63) is 71.8 Å². The molecule has 0 aliphatic carbocycles. The van der Waals surface area contributed by atoms with E-state index in [-0.39, 0.29) is 26.3 Å². The molecule has 0 saturated heterocycles. The maximum atomic E-state index is 10.2. The maximum absolute atomic E-state index is 10.2. The second-order valence-electron chi connectivity index (χ2n) is 4.11. The summed E-state index contributed by atoms with van der Waals surface area (Å²) in [6.07, 6.45) is 0.224. The summed E-state index contributed by atoms with van der Waals surface area (Å²) in [6, 6.07) is 18.3. The highest BCUT2D eigenvalue weighted by molar-refractivity contribution is 7.59. The third-order valence-corrected chi connectivity index (χ3v) is 2.40. The number of benzene rings is 2. The number of hydrogen-bond donors (Lipinski definition) is 2. The van der Waals surface area contributed by atoms with Crippen LogP contribution < -0.4 is 0 Å². The first kappa shape index (κ1) is 18.7. The normalized spacial score (nSPS) is 8.76. The number of carboxylic acids is 2. The Labute approximate surface area is 130 Å². The van der Waals surface area contributed by atoms with Crippen molar-refractivity contribution in [2.24, 2.45) is 0 Å². The van der Waals surface area contributed by atoms with Crippen LogP contribution in [-0.4, -0.2) is 22.2 Å². The smallest absolute Gasteiger partial charge is 0.307 e. The molecule has 0 aliphatic heterocycles. The first-order valence-electron chi connectivity index (χ1n) is 6.09. The lowest BCUT2D eigenvalue weighted by Crippen LogP contribution is -1.98. The van der Waals surface area contributed by atoms with Gasteiger partial charge < -0.3 is 10.2 Å². The van der Waals surface area contributed by atoms with Crippen LogP contribution in [-0.2, 0) is 22.4 Å². The van der Waals surface area contributed by atoms with E-state index >= 15 is 0 Å². The van der Waals surface area contributed by atoms with Gasteiger partial charge in [0.2, 0.25) is 0 Å². The van der Waals surface area contributed by atoms with Gasteiger partial charge in [-0.25, -0.2) is 0 Å². The molecule has 4 nitrogen and oxygen atoms in total. The molecule has 0 unspecified atom stereocenters. The van der Waals surface area contributed by atoms with E-state index in [0.717, 1.165) is 11.1 Å². The number of aliphatic carboxylic acids is 2. The van der Waals surface area contributed by atoms with Gasteiger partial charge in [0.25, 0.3) is 0 Å². The highest BCUT2D eigenvalue weighted by Crippen LogP contribution is 1.99. The Morgan fingerprint density at radius 1 is 0.667 bits per heavy atom. The molecule has 21 heavy (non-hydrogen) atoms. The minimum Gasteiger partial charge on any atom is -0.481 e. The van der Waals surface area contributed by atoms with Gasteiger partial charge in [-0.15, -0.1) is 0 Å². The van der Waals surface area contributed by atoms with Gasteiger partial charge in [0, 0.05) is 0 Å². The highest BCUT2D eigenvalue weighted by atomic mass is 32.1. The Hall–Kier alpha value is -2.27. The molecule has 5 heteroatoms. The predicted molar refractivity (Wildman–Crippen MR) is 85.9 cm³/mol. The van der Waals surface area contributed by atoms with Crippen LogP contribution in [0.2, 0.25) is 0 Å². The number of carbonyl (C=O) groups is 2. The SMILES string of the molecule is O=C(O)Cc1ccccc1.O=C(O)Cc1ccccc1.S. The lowest BCUT2D eigenvalue weighted by Gasteiger charge is -1.92. The fourth-order valence-corrected chi connectivity index (χ4v) is 1.54. The lowest BCUT2D eigenvalue weighted by atomic mass is 10.2. The van der Waals surface area contributed by atoms with E-state index in [9.17, 15) is 9.59 Å². The molecule has 0 fully saturated rings. The van der Waals surface area contributed by atoms with Crippen LogP contribution in [0.3, 0.4) is 0 Å². The fraction of sp³-hybridized carbons (Fsp3) is 0.125. The molecule has 0 heterocycles. The van der Waals surface area contributed by atoms with Crippen molar-refractivity contribution in [3.8, 4) is 0 Å². The topological polar surface area (TPSA) is 74.6 Å². The van der Waals surface area contributed by atoms with Crippen LogP contribution in [0.15, 0.2) is 60.7 Å². The molecule has 2 rings (SSSR count). The van der Waals surface area contributed by atoms with Crippen molar-refractivity contribution in [3.63, 3.8) is 0 Å². The molecule has 112 valence electrons. The molecule has 0 amide bonds. The Morgan fingerprint density at radius 3 is 1.19 bits per heavy atom. The minimum absolute atomic E-state index is 0. The summed E-state index contributed by atoms with van der Waals surface area (Å²) in [4.78, 5) is 20.3. The van der Waals surface area contributed by atoms with Crippen LogP contribution in [0.25, 0.3) is 0 Å². The van der Waals surface area contributed by atoms with Crippen molar-refractivity contribution in [1.82, 2.24) is 0 Å². The Morgan fingerprint density at radius 2 is 0.952 bits per heavy atom. The second kappa shape index (κ2) is 10.5. The maximum Gasteiger partial charge on any atom is 0.307 e. The third kappa shape index (κ3) is 9.29. The first-order valence-corrected chi connectivity index (χ1v) is 6.09. The van der Waals surface area contributed by atoms with Crippen LogP contribution in [0, 0.1) is 0 Å². The van der Waals surface area contributed by atoms with E-state index in [4.69, 9.17) is 10.2 Å². The van der Waals surface area contributed by atoms with Crippen LogP contribution in [0.5, 0.6) is 0 Å². The standard InChI is InChI=1S/2C8H8O2.H2S/c2*9-8(10)6-7-4-2-1-3-5-7;/h2*1-5H,6H2,(H,9,10);1H2. The molecule has 0 saturated carbocycles. The van der Waals surface area contributed by atoms with Crippen molar-refractivity contribution < 1.29 is 19.8 Å². The monoisotopic (exact) mass is 306 g/mol. The van der Waals surface area contributed by atoms with Gasteiger partial charge in [0.1, 0.15) is 0 Å². The molecular formula is C16H18O4S. The predicted octanol–water partition coefficient (Wildman–Crippen LogP) is 2.74. The van der Waals surface area contributed by atoms with E-state index in [1.807, 2.05) is 36.4 Å². The van der Waals surface area contributed by atoms with Gasteiger partial charge in [-0.3, -0.25) is 9.59 Å². The van der Waals surface area contributed by atoms with Crippen molar-refractivity contribution in [1.29, 1.82) is 0 Å². The quantitative estimate of drug-likeness (QED) is 0.911. The summed E-state index contributed by atoms with van der Waals surface area (Å²) in [6.45, 7) is 0. The Balaban J connectivity index is 0.000000364. The van der Waals surface area contributed by atoms with Gasteiger partial charge in [0.05, 0.1) is 12.8 Å². The fourth-order valence-electron chi connectivity index (χ4n) is 1.54. The van der Waals surface area contributed by atoms with E-state index in [0.29, 0.717) is 0 Å². The summed E-state index contributed by atoms with van der Waals surface area (Å²) < 4.78 is 0. The molecular weight excluding hydrogens is 288 g/mol. The van der Waals surface area contributed by atoms with Gasteiger partial charge >= 0.3 is 11.9 Å². The van der Waals surface area contributed by atoms with Crippen molar-refractivity contribution >= 4 is 25.4 Å². The molecule has 0 aromatic heterocycles. The van der Waals surface area contributed by atoms with Crippen molar-refractivity contribution in [2.75, 3.05) is 0 Å². The third-order valence-electron chi connectivity index (χ3n) is 2.40. The number of rotatable bonds is 4. The average Bonchev–Trinajstić information content (AvgIpc) is 2.40. The van der Waals surface area contributed by atoms with E-state index < -0.39 is 11.9 Å². The van der Waals surface area contributed by atoms with Gasteiger partial charge in [-0.05, 0) is 11.1 Å². The summed E-state index contributed by atoms with van der Waals surface area (Å²) in [7, 11) is 0. The van der Waals surface area contributed by atoms with Crippen LogP contribution >= 0.6 is 13.5 Å². The zero-order valence-electron chi connectivity index (χ0n) is 11.4. The largest absolute Gasteiger partial charge is 0.481 e. The summed E-state index contributed by atoms with van der Waals surface area (Å²) in [5, 5.41) is 16.7. The number of carboxylic acid groups (broad SMARTS) is 2. The average molecular weight is 306 g/mol. The van der Waals surface area contributed by atoms with Crippen LogP contribution in [0.1, 0.15) is 11.1 Å². The van der Waals surface area contributed by atoms with Gasteiger partial charge in [0.15, 0.2) is 0 Å². The molecule has 0 atom stereocenters. The summed E-state index contributed by atoms with van der Waals surface area (Å²) in [5.41, 5.74) is 1.69. The summed E-state index contributed by atoms with van der Waals surface area (Å²) in [5.74, 6) is -1.57. The zero-order valence-corrected chi connectivity index (χ0v) is 12.4. The zero-order chi connectivity index (χ0) is 14.8. The highest BCUT2D eigenvalue weighted by Gasteiger charge is 1.97. The van der Waals surface area contributed by atoms with Crippen LogP contribution in [0.4, 0.5) is 0 Å². The molecule has 0 bridgehead atoms. The summed E-state index contributed by atoms with van der Waals surface area (Å²) >= 11 is 0. The molecule has 2 N–H and O–H groups in total. The Bertz CT molecular complexity index is 489. The molecule has 0 spiro atoms. The molecule has 0 aliphatic rings. The molecule has 0 radical (unpaired) electrons. The Kier molecular flexibility index (Phi) is 9.37. The first-order chi connectivity index (χ1) is 9.58. The van der Waals surface area contributed by atoms with Crippen molar-refractivity contribution in [2.45, 2.75) is 12.8 Å². The second-order valence-corrected chi connectivity index (χ2v) is 4.11. The molecule has 2 aromatic rings. The lowest BCUT2D eigenvalue weighted by molar-refractivity contribution is -0.137. The van der Waals surface area contributed by atoms with E-state index in [2.05, 4.69) is 0 Å².